The number of quaternary nitrogens is 1. The van der Waals surface area contributed by atoms with Crippen LogP contribution in [0.3, 0.4) is 0 Å². The molecule has 0 aromatic heterocycles. The van der Waals surface area contributed by atoms with Crippen LogP contribution in [0.5, 0.6) is 0 Å². The summed E-state index contributed by atoms with van der Waals surface area (Å²) in [6.07, 6.45) is 62.6. The zero-order valence-corrected chi connectivity index (χ0v) is 42.4. The fourth-order valence-electron chi connectivity index (χ4n) is 6.31. The molecule has 0 saturated heterocycles. The second-order valence-corrected chi connectivity index (χ2v) is 19.0. The van der Waals surface area contributed by atoms with Crippen LogP contribution in [0.25, 0.3) is 0 Å². The van der Waals surface area contributed by atoms with E-state index in [0.717, 1.165) is 70.6 Å². The van der Waals surface area contributed by atoms with Gasteiger partial charge in [-0.25, -0.2) is 0 Å². The standard InChI is InChI=1S/C55H93N2O7P/c1-6-8-10-12-14-16-18-20-21-22-23-24-25-26-27-28-29-30-31-32-33-34-35-36-38-40-42-44-46-48-54(59)56-52(51-64-65(61,62)63-50-49-57(3,4)5)55(60)53(58)47-45-43-41-39-37-19-17-15-13-11-9-7-2/h8,10,14,16,20-21,23-24,26-27,29-30,32-33,35-36,39-42,52-53,55,58,60H,6-7,9,11-13,15,17-19,22,25,28,31,34,37-38,43-51H2,1-5H3,(H-,56,59,61,62)/b10-8-,16-14-,21-20-,24-23-,27-26-,30-29-,33-32-,36-35-,41-39+,42-40-. The van der Waals surface area contributed by atoms with Crippen LogP contribution in [0, 0.1) is 0 Å². The minimum absolute atomic E-state index is 0.0644. The molecule has 0 aliphatic rings. The average Bonchev–Trinajstić information content (AvgIpc) is 3.26. The van der Waals surface area contributed by atoms with Gasteiger partial charge in [0.25, 0.3) is 7.82 Å². The molecule has 3 N–H and O–H groups in total. The molecular formula is C55H93N2O7P. The Morgan fingerprint density at radius 3 is 1.43 bits per heavy atom. The number of phosphoric ester groups is 1. The van der Waals surface area contributed by atoms with E-state index in [2.05, 4.69) is 135 Å². The monoisotopic (exact) mass is 925 g/mol. The van der Waals surface area contributed by atoms with Gasteiger partial charge in [-0.15, -0.1) is 0 Å². The number of aliphatic hydroxyl groups is 2. The van der Waals surface area contributed by atoms with Crippen LogP contribution in [0.1, 0.15) is 162 Å². The Balaban J connectivity index is 4.51. The summed E-state index contributed by atoms with van der Waals surface area (Å²) in [6.45, 7) is 4.22. The fourth-order valence-corrected chi connectivity index (χ4v) is 7.03. The maximum atomic E-state index is 12.9. The predicted octanol–water partition coefficient (Wildman–Crippen LogP) is 13.0. The van der Waals surface area contributed by atoms with E-state index in [9.17, 15) is 24.5 Å². The molecule has 0 radical (unpaired) electrons. The number of unbranched alkanes of at least 4 members (excludes halogenated alkanes) is 9. The van der Waals surface area contributed by atoms with Crippen LogP contribution in [0.15, 0.2) is 122 Å². The minimum atomic E-state index is -4.70. The number of carbonyl (C=O) groups is 1. The summed E-state index contributed by atoms with van der Waals surface area (Å²) in [7, 11) is 1.05. The van der Waals surface area contributed by atoms with Gasteiger partial charge in [0, 0.05) is 6.42 Å². The maximum Gasteiger partial charge on any atom is 0.268 e. The molecule has 0 bridgehead atoms. The van der Waals surface area contributed by atoms with Gasteiger partial charge in [-0.05, 0) is 103 Å². The third kappa shape index (κ3) is 45.8. The van der Waals surface area contributed by atoms with Gasteiger partial charge in [0.15, 0.2) is 0 Å². The van der Waals surface area contributed by atoms with Crippen molar-refractivity contribution in [1.29, 1.82) is 0 Å². The van der Waals surface area contributed by atoms with Crippen LogP contribution >= 0.6 is 7.82 Å². The number of likely N-dealkylation sites (N-methyl/N-ethyl adjacent to an activating group) is 1. The highest BCUT2D eigenvalue weighted by molar-refractivity contribution is 7.45. The van der Waals surface area contributed by atoms with E-state index in [1.54, 1.807) is 0 Å². The number of rotatable bonds is 43. The van der Waals surface area contributed by atoms with Crippen LogP contribution in [-0.4, -0.2) is 79.8 Å². The number of phosphoric acid groups is 1. The Kier molecular flexibility index (Phi) is 42.5. The van der Waals surface area contributed by atoms with E-state index in [4.69, 9.17) is 9.05 Å². The van der Waals surface area contributed by atoms with Crippen LogP contribution in [0.2, 0.25) is 0 Å². The molecule has 4 atom stereocenters. The van der Waals surface area contributed by atoms with Crippen LogP contribution in [-0.2, 0) is 18.4 Å². The van der Waals surface area contributed by atoms with E-state index in [0.29, 0.717) is 36.7 Å². The molecule has 10 heteroatoms. The molecule has 0 fully saturated rings. The Labute approximate surface area is 397 Å². The summed E-state index contributed by atoms with van der Waals surface area (Å²) < 4.78 is 23.1. The van der Waals surface area contributed by atoms with Crippen molar-refractivity contribution in [3.63, 3.8) is 0 Å². The maximum absolute atomic E-state index is 12.9. The second kappa shape index (κ2) is 44.7. The van der Waals surface area contributed by atoms with Crippen molar-refractivity contribution in [3.8, 4) is 0 Å². The number of allylic oxidation sites excluding steroid dienone is 20. The van der Waals surface area contributed by atoms with Crippen LogP contribution < -0.4 is 10.2 Å². The van der Waals surface area contributed by atoms with E-state index < -0.39 is 32.7 Å². The zero-order chi connectivity index (χ0) is 48.0. The summed E-state index contributed by atoms with van der Waals surface area (Å²) in [6, 6.07) is -1.13. The quantitative estimate of drug-likeness (QED) is 0.0240. The van der Waals surface area contributed by atoms with Crippen molar-refractivity contribution < 1.29 is 38.0 Å². The van der Waals surface area contributed by atoms with Crippen molar-refractivity contribution in [3.05, 3.63) is 122 Å². The molecule has 370 valence electrons. The molecule has 0 aliphatic heterocycles. The van der Waals surface area contributed by atoms with E-state index in [1.807, 2.05) is 27.2 Å². The number of aliphatic hydroxyl groups excluding tert-OH is 2. The lowest BCUT2D eigenvalue weighted by molar-refractivity contribution is -0.870. The molecule has 0 saturated carbocycles. The van der Waals surface area contributed by atoms with E-state index in [-0.39, 0.29) is 18.9 Å². The van der Waals surface area contributed by atoms with Gasteiger partial charge in [0.2, 0.25) is 5.91 Å². The summed E-state index contributed by atoms with van der Waals surface area (Å²) in [4.78, 5) is 25.4. The largest absolute Gasteiger partial charge is 0.756 e. The number of nitrogens with one attached hydrogen (secondary N) is 1. The first kappa shape index (κ1) is 61.9. The molecule has 1 amide bonds. The van der Waals surface area contributed by atoms with Gasteiger partial charge in [0.05, 0.1) is 39.9 Å². The molecule has 0 spiro atoms. The van der Waals surface area contributed by atoms with Crippen molar-refractivity contribution >= 4 is 13.7 Å². The number of hydrogen-bond donors (Lipinski definition) is 3. The van der Waals surface area contributed by atoms with Gasteiger partial charge in [-0.1, -0.05) is 174 Å². The first-order chi connectivity index (χ1) is 31.4. The molecular weight excluding hydrogens is 832 g/mol. The van der Waals surface area contributed by atoms with Crippen molar-refractivity contribution in [2.45, 2.75) is 180 Å². The Morgan fingerprint density at radius 1 is 0.569 bits per heavy atom. The Morgan fingerprint density at radius 2 is 0.969 bits per heavy atom. The summed E-state index contributed by atoms with van der Waals surface area (Å²) in [5.41, 5.74) is 0. The molecule has 0 aromatic carbocycles. The molecule has 4 unspecified atom stereocenters. The molecule has 9 nitrogen and oxygen atoms in total. The summed E-state index contributed by atoms with van der Waals surface area (Å²) in [5.74, 6) is -0.353. The Bertz CT molecular complexity index is 1480. The van der Waals surface area contributed by atoms with Gasteiger partial charge in [0.1, 0.15) is 19.3 Å². The SMILES string of the molecule is CC/C=C\C/C=C\C/C=C\C/C=C\C/C=C\C/C=C\C/C=C\C/C=C\C/C=C\CCCC(=O)NC(COP(=O)([O-])OCC[N+](C)(C)C)C(O)C(O)CCC/C=C/CCCCCCCCC. The first-order valence-corrected chi connectivity index (χ1v) is 26.4. The second-order valence-electron chi connectivity index (χ2n) is 17.6. The smallest absolute Gasteiger partial charge is 0.268 e. The first-order valence-electron chi connectivity index (χ1n) is 25.0. The van der Waals surface area contributed by atoms with Crippen molar-refractivity contribution in [2.24, 2.45) is 0 Å². The topological polar surface area (TPSA) is 128 Å². The highest BCUT2D eigenvalue weighted by Crippen LogP contribution is 2.38. The van der Waals surface area contributed by atoms with E-state index >= 15 is 0 Å². The summed E-state index contributed by atoms with van der Waals surface area (Å²) >= 11 is 0. The average molecular weight is 925 g/mol. The third-order valence-electron chi connectivity index (χ3n) is 10.3. The molecule has 0 heterocycles. The third-order valence-corrected chi connectivity index (χ3v) is 11.2. The lowest BCUT2D eigenvalue weighted by atomic mass is 10.0. The number of amides is 1. The zero-order valence-electron chi connectivity index (χ0n) is 41.5. The van der Waals surface area contributed by atoms with Crippen LogP contribution in [0.4, 0.5) is 0 Å². The lowest BCUT2D eigenvalue weighted by Crippen LogP contribution is -2.51. The van der Waals surface area contributed by atoms with E-state index in [1.165, 1.54) is 44.9 Å². The predicted molar refractivity (Wildman–Crippen MR) is 275 cm³/mol. The highest BCUT2D eigenvalue weighted by atomic mass is 31.2. The van der Waals surface area contributed by atoms with Crippen molar-refractivity contribution in [2.75, 3.05) is 40.9 Å². The number of hydrogen-bond acceptors (Lipinski definition) is 7. The molecule has 65 heavy (non-hydrogen) atoms. The van der Waals surface area contributed by atoms with Gasteiger partial charge in [-0.3, -0.25) is 9.36 Å². The molecule has 0 aromatic rings. The van der Waals surface area contributed by atoms with Gasteiger partial charge in [-0.2, -0.15) is 0 Å². The summed E-state index contributed by atoms with van der Waals surface area (Å²) in [5, 5.41) is 24.6. The lowest BCUT2D eigenvalue weighted by Gasteiger charge is -2.31. The molecule has 0 rings (SSSR count). The van der Waals surface area contributed by atoms with Gasteiger partial charge >= 0.3 is 0 Å². The highest BCUT2D eigenvalue weighted by Gasteiger charge is 2.29. The van der Waals surface area contributed by atoms with Gasteiger partial charge < -0.3 is 34.0 Å². The Hall–Kier alpha value is -3.14. The normalized spacial score (nSPS) is 15.6. The number of nitrogens with zero attached hydrogens (tertiary/aromatic N) is 1. The van der Waals surface area contributed by atoms with Crippen molar-refractivity contribution in [1.82, 2.24) is 5.32 Å². The minimum Gasteiger partial charge on any atom is -0.756 e. The number of carbonyl (C=O) groups excluding carboxylic acids is 1. The molecule has 0 aliphatic carbocycles. The fraction of sp³-hybridized carbons (Fsp3) is 0.618.